The van der Waals surface area contributed by atoms with Gasteiger partial charge in [-0.05, 0) is 25.1 Å². The van der Waals surface area contributed by atoms with E-state index in [0.717, 1.165) is 5.56 Å². The summed E-state index contributed by atoms with van der Waals surface area (Å²) in [6.45, 7) is 2.68. The maximum Gasteiger partial charge on any atom is 0.229 e. The smallest absolute Gasteiger partial charge is 0.229 e. The number of ether oxygens (including phenoxy) is 1. The van der Waals surface area contributed by atoms with Crippen molar-refractivity contribution in [1.29, 1.82) is 5.26 Å². The van der Waals surface area contributed by atoms with Gasteiger partial charge in [0.25, 0.3) is 0 Å². The fourth-order valence-electron chi connectivity index (χ4n) is 2.85. The highest BCUT2D eigenvalue weighted by molar-refractivity contribution is 5.98. The molecular formula is C20H17N7O2. The predicted molar refractivity (Wildman–Crippen MR) is 104 cm³/mol. The summed E-state index contributed by atoms with van der Waals surface area (Å²) < 4.78 is 5.99. The maximum atomic E-state index is 11.8. The molecule has 144 valence electrons. The van der Waals surface area contributed by atoms with Crippen molar-refractivity contribution in [3.05, 3.63) is 53.6 Å². The van der Waals surface area contributed by atoms with Gasteiger partial charge < -0.3 is 10.5 Å². The van der Waals surface area contributed by atoms with Crippen molar-refractivity contribution in [3.63, 3.8) is 0 Å². The van der Waals surface area contributed by atoms with Crippen LogP contribution < -0.4 is 15.4 Å². The fourth-order valence-corrected chi connectivity index (χ4v) is 2.85. The Hall–Kier alpha value is -3.90. The van der Waals surface area contributed by atoms with Crippen LogP contribution in [0.25, 0.3) is 11.4 Å². The molecule has 0 spiro atoms. The number of hydrogen-bond acceptors (Lipinski definition) is 8. The molecule has 0 bridgehead atoms. The van der Waals surface area contributed by atoms with Crippen LogP contribution in [0.15, 0.2) is 36.7 Å². The summed E-state index contributed by atoms with van der Waals surface area (Å²) in [6.07, 6.45) is 3.79. The Labute approximate surface area is 166 Å². The number of nitrogens with two attached hydrogens (primary N) is 1. The Kier molecular flexibility index (Phi) is 4.85. The molecule has 9 heteroatoms. The lowest BCUT2D eigenvalue weighted by atomic mass is 10.1. The zero-order chi connectivity index (χ0) is 20.4. The molecule has 1 fully saturated rings. The molecule has 0 unspecified atom stereocenters. The van der Waals surface area contributed by atoms with Crippen molar-refractivity contribution in [2.24, 2.45) is 5.73 Å². The molecule has 0 aliphatic carbocycles. The van der Waals surface area contributed by atoms with Gasteiger partial charge in [0, 0.05) is 43.5 Å². The summed E-state index contributed by atoms with van der Waals surface area (Å²) in [5, 5.41) is 9.27. The minimum atomic E-state index is 0.00890. The number of aryl methyl sites for hydroxylation is 1. The zero-order valence-electron chi connectivity index (χ0n) is 15.7. The van der Waals surface area contributed by atoms with E-state index >= 15 is 0 Å². The second-order valence-electron chi connectivity index (χ2n) is 6.45. The number of rotatable bonds is 5. The molecule has 3 aromatic rings. The van der Waals surface area contributed by atoms with Gasteiger partial charge in [0.1, 0.15) is 17.4 Å². The number of anilines is 1. The summed E-state index contributed by atoms with van der Waals surface area (Å²) in [5.74, 6) is 2.05. The molecule has 0 radical (unpaired) electrons. The number of β-lactam (4-membered cyclic amide) rings is 1. The number of benzene rings is 1. The van der Waals surface area contributed by atoms with E-state index in [1.165, 1.54) is 0 Å². The van der Waals surface area contributed by atoms with E-state index in [-0.39, 0.29) is 11.8 Å². The quantitative estimate of drug-likeness (QED) is 0.659. The van der Waals surface area contributed by atoms with Gasteiger partial charge in [-0.2, -0.15) is 10.2 Å². The lowest BCUT2D eigenvalue weighted by Crippen LogP contribution is -2.44. The molecule has 4 rings (SSSR count). The predicted octanol–water partition coefficient (Wildman–Crippen LogP) is 2.10. The molecule has 1 aliphatic heterocycles. The third kappa shape index (κ3) is 3.74. The molecule has 29 heavy (non-hydrogen) atoms. The Morgan fingerprint density at radius 3 is 2.66 bits per heavy atom. The number of amides is 1. The maximum absolute atomic E-state index is 11.8. The number of carbonyl (C=O) groups is 1. The highest BCUT2D eigenvalue weighted by Crippen LogP contribution is 2.33. The number of carbonyl (C=O) groups excluding carboxylic acids is 1. The Morgan fingerprint density at radius 2 is 2.03 bits per heavy atom. The number of nitrogens with zero attached hydrogens (tertiary/aromatic N) is 6. The van der Waals surface area contributed by atoms with Crippen LogP contribution in [0.4, 0.5) is 5.82 Å². The minimum absolute atomic E-state index is 0.00890. The van der Waals surface area contributed by atoms with E-state index in [1.54, 1.807) is 48.5 Å². The molecule has 1 amide bonds. The monoisotopic (exact) mass is 387 g/mol. The van der Waals surface area contributed by atoms with Gasteiger partial charge in [-0.1, -0.05) is 0 Å². The summed E-state index contributed by atoms with van der Waals surface area (Å²) in [7, 11) is 0. The largest absolute Gasteiger partial charge is 0.438 e. The van der Waals surface area contributed by atoms with Crippen LogP contribution >= 0.6 is 0 Å². The average Bonchev–Trinajstić information content (AvgIpc) is 2.72. The van der Waals surface area contributed by atoms with E-state index in [4.69, 9.17) is 10.5 Å². The van der Waals surface area contributed by atoms with E-state index in [1.807, 2.05) is 0 Å². The molecule has 2 N–H and O–H groups in total. The zero-order valence-corrected chi connectivity index (χ0v) is 15.7. The number of hydrogen-bond donors (Lipinski definition) is 1. The highest BCUT2D eigenvalue weighted by atomic mass is 16.5. The van der Waals surface area contributed by atoms with E-state index in [2.05, 4.69) is 26.0 Å². The average molecular weight is 387 g/mol. The van der Waals surface area contributed by atoms with Gasteiger partial charge in [0.15, 0.2) is 5.82 Å². The first-order valence-corrected chi connectivity index (χ1v) is 8.97. The van der Waals surface area contributed by atoms with Gasteiger partial charge >= 0.3 is 0 Å². The Morgan fingerprint density at radius 1 is 1.24 bits per heavy atom. The fraction of sp³-hybridized carbons (Fsp3) is 0.200. The third-order valence-electron chi connectivity index (χ3n) is 4.43. The lowest BCUT2D eigenvalue weighted by molar-refractivity contribution is -0.122. The van der Waals surface area contributed by atoms with Crippen molar-refractivity contribution < 1.29 is 9.53 Å². The summed E-state index contributed by atoms with van der Waals surface area (Å²) >= 11 is 0. The normalized spacial score (nSPS) is 13.0. The molecule has 0 atom stereocenters. The van der Waals surface area contributed by atoms with Crippen LogP contribution in [0, 0.1) is 18.3 Å². The topological polar surface area (TPSA) is 131 Å². The molecular weight excluding hydrogens is 370 g/mol. The van der Waals surface area contributed by atoms with Crippen LogP contribution in [-0.4, -0.2) is 32.4 Å². The van der Waals surface area contributed by atoms with Gasteiger partial charge in [-0.15, -0.1) is 0 Å². The first-order chi connectivity index (χ1) is 14.1. The van der Waals surface area contributed by atoms with Gasteiger partial charge in [0.05, 0.1) is 17.2 Å². The second-order valence-corrected chi connectivity index (χ2v) is 6.45. The summed E-state index contributed by atoms with van der Waals surface area (Å²) in [5.41, 5.74) is 7.43. The first-order valence-electron chi connectivity index (χ1n) is 8.97. The summed E-state index contributed by atoms with van der Waals surface area (Å²) in [6, 6.07) is 8.68. The SMILES string of the molecule is Cc1nc(Oc2cc(C#N)ccc2-c2ncc(CN)cn2)cc(N2CCC2=O)n1. The van der Waals surface area contributed by atoms with Crippen LogP contribution in [0.3, 0.4) is 0 Å². The van der Waals surface area contributed by atoms with Crippen molar-refractivity contribution in [2.75, 3.05) is 11.4 Å². The second kappa shape index (κ2) is 7.61. The van der Waals surface area contributed by atoms with Crippen molar-refractivity contribution in [2.45, 2.75) is 19.9 Å². The third-order valence-corrected chi connectivity index (χ3v) is 4.43. The number of aromatic nitrogens is 4. The Bertz CT molecular complexity index is 1120. The van der Waals surface area contributed by atoms with E-state index in [0.29, 0.717) is 53.9 Å². The summed E-state index contributed by atoms with van der Waals surface area (Å²) in [4.78, 5) is 30.6. The standard InChI is InChI=1S/C20H17N7O2/c1-12-25-17(27-5-4-19(27)28)7-18(26-12)29-16-6-13(8-21)2-3-15(16)20-23-10-14(9-22)11-24-20/h2-3,6-7,10-11H,4-5,9,22H2,1H3. The van der Waals surface area contributed by atoms with Gasteiger partial charge in [0.2, 0.25) is 11.8 Å². The number of nitriles is 1. The molecule has 1 saturated heterocycles. The van der Waals surface area contributed by atoms with E-state index < -0.39 is 0 Å². The highest BCUT2D eigenvalue weighted by Gasteiger charge is 2.27. The first kappa shape index (κ1) is 18.5. The van der Waals surface area contributed by atoms with Crippen LogP contribution in [-0.2, 0) is 11.3 Å². The molecule has 0 saturated carbocycles. The molecule has 1 aliphatic rings. The van der Waals surface area contributed by atoms with Crippen molar-refractivity contribution in [1.82, 2.24) is 19.9 Å². The molecule has 2 aromatic heterocycles. The Balaban J connectivity index is 1.72. The van der Waals surface area contributed by atoms with E-state index in [9.17, 15) is 10.1 Å². The van der Waals surface area contributed by atoms with Crippen LogP contribution in [0.2, 0.25) is 0 Å². The van der Waals surface area contributed by atoms with Crippen molar-refractivity contribution >= 4 is 11.7 Å². The molecule has 3 heterocycles. The lowest BCUT2D eigenvalue weighted by Gasteiger charge is -2.29. The molecule has 1 aromatic carbocycles. The van der Waals surface area contributed by atoms with Crippen molar-refractivity contribution in [3.8, 4) is 29.1 Å². The van der Waals surface area contributed by atoms with Gasteiger partial charge in [-0.25, -0.2) is 15.0 Å². The minimum Gasteiger partial charge on any atom is -0.438 e. The van der Waals surface area contributed by atoms with Gasteiger partial charge in [-0.3, -0.25) is 9.69 Å². The molecule has 9 nitrogen and oxygen atoms in total. The van der Waals surface area contributed by atoms with Crippen LogP contribution in [0.1, 0.15) is 23.4 Å². The van der Waals surface area contributed by atoms with Crippen LogP contribution in [0.5, 0.6) is 11.6 Å².